The molecular formula is C17H19ClIN. The van der Waals surface area contributed by atoms with Crippen molar-refractivity contribution in [2.75, 3.05) is 5.32 Å². The first-order chi connectivity index (χ1) is 9.63. The summed E-state index contributed by atoms with van der Waals surface area (Å²) >= 11 is 8.57. The van der Waals surface area contributed by atoms with E-state index in [9.17, 15) is 0 Å². The summed E-state index contributed by atoms with van der Waals surface area (Å²) in [7, 11) is 0. The van der Waals surface area contributed by atoms with Crippen LogP contribution in [0.15, 0.2) is 42.5 Å². The van der Waals surface area contributed by atoms with Crippen LogP contribution < -0.4 is 5.32 Å². The van der Waals surface area contributed by atoms with E-state index >= 15 is 0 Å². The van der Waals surface area contributed by atoms with E-state index < -0.39 is 0 Å². The second-order valence-electron chi connectivity index (χ2n) is 4.82. The van der Waals surface area contributed by atoms with Gasteiger partial charge in [-0.15, -0.1) is 0 Å². The van der Waals surface area contributed by atoms with Gasteiger partial charge in [0.25, 0.3) is 0 Å². The molecule has 0 saturated heterocycles. The monoisotopic (exact) mass is 399 g/mol. The Kier molecular flexibility index (Phi) is 5.73. The normalized spacial score (nSPS) is 12.2. The molecule has 0 radical (unpaired) electrons. The predicted octanol–water partition coefficient (Wildman–Crippen LogP) is 6.07. The number of hydrogen-bond donors (Lipinski definition) is 1. The lowest BCUT2D eigenvalue weighted by atomic mass is 10.0. The van der Waals surface area contributed by atoms with Crippen molar-refractivity contribution in [2.45, 2.75) is 32.7 Å². The minimum Gasteiger partial charge on any atom is -0.377 e. The van der Waals surface area contributed by atoms with Crippen molar-refractivity contribution in [1.82, 2.24) is 0 Å². The van der Waals surface area contributed by atoms with Gasteiger partial charge in [-0.3, -0.25) is 0 Å². The molecule has 2 aromatic carbocycles. The highest BCUT2D eigenvalue weighted by Crippen LogP contribution is 2.29. The summed E-state index contributed by atoms with van der Waals surface area (Å²) in [4.78, 5) is 0. The van der Waals surface area contributed by atoms with E-state index in [0.29, 0.717) is 6.04 Å². The first kappa shape index (κ1) is 15.6. The zero-order valence-electron chi connectivity index (χ0n) is 11.8. The van der Waals surface area contributed by atoms with Crippen molar-refractivity contribution in [3.8, 4) is 0 Å². The van der Waals surface area contributed by atoms with Crippen molar-refractivity contribution in [2.24, 2.45) is 0 Å². The Labute approximate surface area is 139 Å². The van der Waals surface area contributed by atoms with Crippen molar-refractivity contribution < 1.29 is 0 Å². The molecule has 0 saturated carbocycles. The van der Waals surface area contributed by atoms with E-state index in [-0.39, 0.29) is 0 Å². The summed E-state index contributed by atoms with van der Waals surface area (Å²) in [6.45, 7) is 4.36. The number of rotatable bonds is 5. The number of benzene rings is 2. The molecule has 1 nitrogen and oxygen atoms in total. The number of nitrogens with one attached hydrogen (secondary N) is 1. The van der Waals surface area contributed by atoms with Crippen molar-refractivity contribution in [1.29, 1.82) is 0 Å². The third-order valence-corrected chi connectivity index (χ3v) is 4.44. The number of hydrogen-bond acceptors (Lipinski definition) is 1. The van der Waals surface area contributed by atoms with Crippen LogP contribution in [0, 0.1) is 3.57 Å². The summed E-state index contributed by atoms with van der Waals surface area (Å²) in [6.07, 6.45) is 2.10. The minimum absolute atomic E-state index is 0.290. The maximum atomic E-state index is 6.30. The molecule has 1 atom stereocenters. The molecule has 0 aliphatic rings. The molecule has 0 fully saturated rings. The summed E-state index contributed by atoms with van der Waals surface area (Å²) in [5.74, 6) is 0. The molecule has 0 aromatic heterocycles. The lowest BCUT2D eigenvalue weighted by molar-refractivity contribution is 0.749. The zero-order chi connectivity index (χ0) is 14.5. The SMILES string of the molecule is CCc1ccc(C(CC)Nc2ccc(I)cc2Cl)cc1. The van der Waals surface area contributed by atoms with E-state index in [2.05, 4.69) is 72.1 Å². The van der Waals surface area contributed by atoms with Crippen molar-refractivity contribution in [3.63, 3.8) is 0 Å². The predicted molar refractivity (Wildman–Crippen MR) is 96.6 cm³/mol. The average molecular weight is 400 g/mol. The molecule has 20 heavy (non-hydrogen) atoms. The quantitative estimate of drug-likeness (QED) is 0.602. The standard InChI is InChI=1S/C17H19ClIN/c1-3-12-5-7-13(8-6-12)16(4-2)20-17-10-9-14(19)11-15(17)18/h5-11,16,20H,3-4H2,1-2H3. The molecule has 2 aromatic rings. The van der Waals surface area contributed by atoms with Crippen LogP contribution in [0.2, 0.25) is 5.02 Å². The fourth-order valence-electron chi connectivity index (χ4n) is 2.20. The van der Waals surface area contributed by atoms with E-state index in [1.165, 1.54) is 11.1 Å². The molecule has 106 valence electrons. The largest absolute Gasteiger partial charge is 0.377 e. The maximum Gasteiger partial charge on any atom is 0.0648 e. The van der Waals surface area contributed by atoms with Crippen LogP contribution in [-0.2, 0) is 6.42 Å². The van der Waals surface area contributed by atoms with Crippen molar-refractivity contribution in [3.05, 3.63) is 62.2 Å². The lowest BCUT2D eigenvalue weighted by Gasteiger charge is -2.20. The number of aryl methyl sites for hydroxylation is 1. The van der Waals surface area contributed by atoms with Crippen LogP contribution in [0.5, 0.6) is 0 Å². The van der Waals surface area contributed by atoms with Gasteiger partial charge >= 0.3 is 0 Å². The topological polar surface area (TPSA) is 12.0 Å². The third kappa shape index (κ3) is 3.89. The molecule has 0 heterocycles. The van der Waals surface area contributed by atoms with Gasteiger partial charge in [-0.25, -0.2) is 0 Å². The second kappa shape index (κ2) is 7.32. The number of anilines is 1. The third-order valence-electron chi connectivity index (χ3n) is 3.46. The van der Waals surface area contributed by atoms with Crippen LogP contribution in [0.4, 0.5) is 5.69 Å². The molecule has 1 N–H and O–H groups in total. The molecule has 0 spiro atoms. The molecule has 0 bridgehead atoms. The lowest BCUT2D eigenvalue weighted by Crippen LogP contribution is -2.10. The summed E-state index contributed by atoms with van der Waals surface area (Å²) in [5.41, 5.74) is 3.67. The van der Waals surface area contributed by atoms with Gasteiger partial charge in [0.1, 0.15) is 0 Å². The molecule has 3 heteroatoms. The summed E-state index contributed by atoms with van der Waals surface area (Å²) < 4.78 is 1.15. The Bertz CT molecular complexity index is 566. The Morgan fingerprint density at radius 2 is 1.80 bits per heavy atom. The van der Waals surface area contributed by atoms with Gasteiger partial charge in [-0.1, -0.05) is 49.7 Å². The molecule has 1 unspecified atom stereocenters. The first-order valence-electron chi connectivity index (χ1n) is 6.94. The van der Waals surface area contributed by atoms with Crippen molar-refractivity contribution >= 4 is 39.9 Å². The van der Waals surface area contributed by atoms with Crippen LogP contribution in [-0.4, -0.2) is 0 Å². The number of halogens is 2. The van der Waals surface area contributed by atoms with Gasteiger partial charge in [0.15, 0.2) is 0 Å². The van der Waals surface area contributed by atoms with E-state index in [1.54, 1.807) is 0 Å². The van der Waals surface area contributed by atoms with E-state index in [0.717, 1.165) is 27.1 Å². The highest BCUT2D eigenvalue weighted by Gasteiger charge is 2.11. The highest BCUT2D eigenvalue weighted by molar-refractivity contribution is 14.1. The molecule has 0 aliphatic carbocycles. The summed E-state index contributed by atoms with van der Waals surface area (Å²) in [6, 6.07) is 15.2. The summed E-state index contributed by atoms with van der Waals surface area (Å²) in [5, 5.41) is 4.32. The average Bonchev–Trinajstić information content (AvgIpc) is 2.47. The first-order valence-corrected chi connectivity index (χ1v) is 8.40. The van der Waals surface area contributed by atoms with Gasteiger partial charge in [0.05, 0.1) is 16.8 Å². The zero-order valence-corrected chi connectivity index (χ0v) is 14.7. The van der Waals surface area contributed by atoms with Gasteiger partial charge < -0.3 is 5.32 Å². The fourth-order valence-corrected chi connectivity index (χ4v) is 3.11. The van der Waals surface area contributed by atoms with Gasteiger partial charge in [-0.05, 0) is 64.8 Å². The smallest absolute Gasteiger partial charge is 0.0648 e. The van der Waals surface area contributed by atoms with Gasteiger partial charge in [-0.2, -0.15) is 0 Å². The molecular weight excluding hydrogens is 381 g/mol. The molecule has 2 rings (SSSR count). The van der Waals surface area contributed by atoms with Crippen LogP contribution in [0.3, 0.4) is 0 Å². The fraction of sp³-hybridized carbons (Fsp3) is 0.294. The highest BCUT2D eigenvalue weighted by atomic mass is 127. The van der Waals surface area contributed by atoms with E-state index in [1.807, 2.05) is 12.1 Å². The second-order valence-corrected chi connectivity index (χ2v) is 6.48. The Balaban J connectivity index is 2.19. The minimum atomic E-state index is 0.290. The molecule has 0 aliphatic heterocycles. The van der Waals surface area contributed by atoms with Gasteiger partial charge in [0.2, 0.25) is 0 Å². The van der Waals surface area contributed by atoms with E-state index in [4.69, 9.17) is 11.6 Å². The Morgan fingerprint density at radius 3 is 2.35 bits per heavy atom. The van der Waals surface area contributed by atoms with Crippen LogP contribution >= 0.6 is 34.2 Å². The van der Waals surface area contributed by atoms with Crippen LogP contribution in [0.1, 0.15) is 37.4 Å². The maximum absolute atomic E-state index is 6.30. The Hall–Kier alpha value is -0.740. The van der Waals surface area contributed by atoms with Crippen LogP contribution in [0.25, 0.3) is 0 Å². The Morgan fingerprint density at radius 1 is 1.10 bits per heavy atom. The van der Waals surface area contributed by atoms with Gasteiger partial charge in [0, 0.05) is 3.57 Å². The molecule has 0 amide bonds.